The van der Waals surface area contributed by atoms with E-state index in [-0.39, 0.29) is 0 Å². The quantitative estimate of drug-likeness (QED) is 0.717. The zero-order valence-electron chi connectivity index (χ0n) is 9.40. The van der Waals surface area contributed by atoms with Crippen LogP contribution in [0.5, 0.6) is 0 Å². The van der Waals surface area contributed by atoms with Crippen LogP contribution in [0, 0.1) is 0 Å². The Kier molecular flexibility index (Phi) is 2.60. The summed E-state index contributed by atoms with van der Waals surface area (Å²) in [6.45, 7) is 6.92. The van der Waals surface area contributed by atoms with Gasteiger partial charge in [-0.1, -0.05) is 24.8 Å². The van der Waals surface area contributed by atoms with Crippen molar-refractivity contribution >= 4 is 13.8 Å². The van der Waals surface area contributed by atoms with Crippen molar-refractivity contribution in [2.75, 3.05) is 0 Å². The van der Waals surface area contributed by atoms with Crippen LogP contribution < -0.4 is 0 Å². The number of hydrogen-bond donors (Lipinski definition) is 0. The molecular formula is C11H16N2OSi. The molecule has 0 fully saturated rings. The van der Waals surface area contributed by atoms with Crippen LogP contribution in [0.3, 0.4) is 0 Å². The van der Waals surface area contributed by atoms with Gasteiger partial charge in [0.2, 0.25) is 0 Å². The summed E-state index contributed by atoms with van der Waals surface area (Å²) in [4.78, 5) is 9.51. The molecule has 0 radical (unpaired) electrons. The van der Waals surface area contributed by atoms with E-state index in [4.69, 9.17) is 4.84 Å². The summed E-state index contributed by atoms with van der Waals surface area (Å²) < 4.78 is 0. The van der Waals surface area contributed by atoms with Gasteiger partial charge in [-0.2, -0.15) is 0 Å². The van der Waals surface area contributed by atoms with Crippen molar-refractivity contribution < 1.29 is 4.84 Å². The monoisotopic (exact) mass is 220 g/mol. The molecule has 3 nitrogen and oxygen atoms in total. The Labute approximate surface area is 91.2 Å². The SMILES string of the molecule is C[Si](C)(C)C1CC(c2ccncc2)=NO1. The van der Waals surface area contributed by atoms with E-state index in [1.807, 2.05) is 12.1 Å². The highest BCUT2D eigenvalue weighted by molar-refractivity contribution is 6.77. The lowest BCUT2D eigenvalue weighted by Gasteiger charge is -2.21. The summed E-state index contributed by atoms with van der Waals surface area (Å²) >= 11 is 0. The molecule has 1 aliphatic rings. The molecule has 0 saturated carbocycles. The van der Waals surface area contributed by atoms with Gasteiger partial charge < -0.3 is 4.84 Å². The Morgan fingerprint density at radius 1 is 1.27 bits per heavy atom. The second-order valence-electron chi connectivity index (χ2n) is 4.94. The predicted molar refractivity (Wildman–Crippen MR) is 63.6 cm³/mol. The maximum Gasteiger partial charge on any atom is 0.120 e. The summed E-state index contributed by atoms with van der Waals surface area (Å²) in [6, 6.07) is 3.96. The predicted octanol–water partition coefficient (Wildman–Crippen LogP) is 2.45. The average Bonchev–Trinajstić information content (AvgIpc) is 2.67. The largest absolute Gasteiger partial charge is 0.396 e. The van der Waals surface area contributed by atoms with Gasteiger partial charge in [-0.25, -0.2) is 0 Å². The highest BCUT2D eigenvalue weighted by Gasteiger charge is 2.34. The molecule has 0 aromatic carbocycles. The average molecular weight is 220 g/mol. The third-order valence-electron chi connectivity index (χ3n) is 2.65. The van der Waals surface area contributed by atoms with Gasteiger partial charge in [0.1, 0.15) is 5.73 Å². The van der Waals surface area contributed by atoms with E-state index >= 15 is 0 Å². The van der Waals surface area contributed by atoms with Crippen molar-refractivity contribution in [1.82, 2.24) is 4.98 Å². The van der Waals surface area contributed by atoms with Crippen LogP contribution in [0.15, 0.2) is 29.7 Å². The number of nitrogens with zero attached hydrogens (tertiary/aromatic N) is 2. The highest BCUT2D eigenvalue weighted by atomic mass is 28.3. The molecule has 0 aliphatic carbocycles. The maximum absolute atomic E-state index is 5.51. The molecule has 0 N–H and O–H groups in total. The maximum atomic E-state index is 5.51. The summed E-state index contributed by atoms with van der Waals surface area (Å²) in [5, 5.41) is 4.18. The van der Waals surface area contributed by atoms with E-state index in [1.54, 1.807) is 12.4 Å². The lowest BCUT2D eigenvalue weighted by molar-refractivity contribution is 0.135. The Morgan fingerprint density at radius 3 is 2.47 bits per heavy atom. The zero-order chi connectivity index (χ0) is 10.9. The fourth-order valence-electron chi connectivity index (χ4n) is 1.56. The second-order valence-corrected chi connectivity index (χ2v) is 10.3. The molecule has 1 aromatic heterocycles. The Hall–Kier alpha value is -1.16. The standard InChI is InChI=1S/C11H16N2OSi/c1-15(2,3)11-8-10(13-14-11)9-4-6-12-7-5-9/h4-7,11H,8H2,1-3H3. The van der Waals surface area contributed by atoms with E-state index in [0.717, 1.165) is 17.7 Å². The molecular weight excluding hydrogens is 204 g/mol. The Balaban J connectivity index is 2.11. The molecule has 15 heavy (non-hydrogen) atoms. The topological polar surface area (TPSA) is 34.5 Å². The summed E-state index contributed by atoms with van der Waals surface area (Å²) in [5.41, 5.74) is 2.51. The van der Waals surface area contributed by atoms with E-state index in [9.17, 15) is 0 Å². The van der Waals surface area contributed by atoms with E-state index in [2.05, 4.69) is 29.8 Å². The Morgan fingerprint density at radius 2 is 1.93 bits per heavy atom. The van der Waals surface area contributed by atoms with Gasteiger partial charge in [-0.3, -0.25) is 4.98 Å². The van der Waals surface area contributed by atoms with Gasteiger partial charge in [-0.05, 0) is 12.1 Å². The molecule has 0 saturated heterocycles. The first-order chi connectivity index (χ1) is 7.07. The van der Waals surface area contributed by atoms with Gasteiger partial charge in [0, 0.05) is 24.4 Å². The first-order valence-electron chi connectivity index (χ1n) is 5.20. The van der Waals surface area contributed by atoms with Crippen molar-refractivity contribution in [3.63, 3.8) is 0 Å². The number of rotatable bonds is 2. The van der Waals surface area contributed by atoms with Crippen molar-refractivity contribution in [3.05, 3.63) is 30.1 Å². The van der Waals surface area contributed by atoms with E-state index in [1.165, 1.54) is 0 Å². The summed E-state index contributed by atoms with van der Waals surface area (Å²) in [7, 11) is -1.25. The van der Waals surface area contributed by atoms with E-state index < -0.39 is 8.07 Å². The normalized spacial score (nSPS) is 21.0. The molecule has 1 atom stereocenters. The van der Waals surface area contributed by atoms with Gasteiger partial charge in [0.25, 0.3) is 0 Å². The smallest absolute Gasteiger partial charge is 0.120 e. The van der Waals surface area contributed by atoms with Crippen molar-refractivity contribution in [2.45, 2.75) is 31.8 Å². The molecule has 4 heteroatoms. The van der Waals surface area contributed by atoms with Crippen molar-refractivity contribution in [3.8, 4) is 0 Å². The molecule has 0 amide bonds. The van der Waals surface area contributed by atoms with Crippen LogP contribution in [0.2, 0.25) is 19.6 Å². The molecule has 0 spiro atoms. The van der Waals surface area contributed by atoms with Crippen LogP contribution in [0.25, 0.3) is 0 Å². The van der Waals surface area contributed by atoms with Gasteiger partial charge in [0.15, 0.2) is 0 Å². The van der Waals surface area contributed by atoms with Crippen LogP contribution >= 0.6 is 0 Å². The third kappa shape index (κ3) is 2.26. The minimum Gasteiger partial charge on any atom is -0.396 e. The molecule has 2 heterocycles. The first-order valence-corrected chi connectivity index (χ1v) is 8.78. The lowest BCUT2D eigenvalue weighted by Crippen LogP contribution is -2.38. The molecule has 2 rings (SSSR count). The van der Waals surface area contributed by atoms with Crippen LogP contribution in [0.4, 0.5) is 0 Å². The number of hydrogen-bond acceptors (Lipinski definition) is 3. The molecule has 1 aromatic rings. The Bertz CT molecular complexity index is 370. The van der Waals surface area contributed by atoms with Crippen molar-refractivity contribution in [2.24, 2.45) is 5.16 Å². The zero-order valence-corrected chi connectivity index (χ0v) is 10.4. The van der Waals surface area contributed by atoms with Gasteiger partial charge in [0.05, 0.1) is 13.8 Å². The minimum absolute atomic E-state index is 0.320. The van der Waals surface area contributed by atoms with Crippen molar-refractivity contribution in [1.29, 1.82) is 0 Å². The molecule has 1 aliphatic heterocycles. The summed E-state index contributed by atoms with van der Waals surface area (Å²) in [6.07, 6.45) is 4.53. The summed E-state index contributed by atoms with van der Waals surface area (Å²) in [5.74, 6) is 0. The highest BCUT2D eigenvalue weighted by Crippen LogP contribution is 2.23. The second kappa shape index (κ2) is 3.77. The minimum atomic E-state index is -1.25. The van der Waals surface area contributed by atoms with Crippen LogP contribution in [0.1, 0.15) is 12.0 Å². The fraction of sp³-hybridized carbons (Fsp3) is 0.455. The fourth-order valence-corrected chi connectivity index (χ4v) is 2.73. The third-order valence-corrected chi connectivity index (χ3v) is 4.89. The number of pyridine rings is 1. The van der Waals surface area contributed by atoms with Crippen LogP contribution in [-0.2, 0) is 4.84 Å². The molecule has 80 valence electrons. The van der Waals surface area contributed by atoms with E-state index in [0.29, 0.717) is 5.73 Å². The number of aromatic nitrogens is 1. The number of oxime groups is 1. The lowest BCUT2D eigenvalue weighted by atomic mass is 10.1. The molecule has 0 bridgehead atoms. The van der Waals surface area contributed by atoms with Gasteiger partial charge in [-0.15, -0.1) is 0 Å². The molecule has 1 unspecified atom stereocenters. The first kappa shape index (κ1) is 10.4. The van der Waals surface area contributed by atoms with Crippen LogP contribution in [-0.4, -0.2) is 24.5 Å². The van der Waals surface area contributed by atoms with Gasteiger partial charge >= 0.3 is 0 Å².